The van der Waals surface area contributed by atoms with Crippen molar-refractivity contribution >= 4 is 11.9 Å². The first-order valence-corrected chi connectivity index (χ1v) is 7.22. The van der Waals surface area contributed by atoms with Crippen molar-refractivity contribution in [2.45, 2.75) is 39.7 Å². The van der Waals surface area contributed by atoms with E-state index in [4.69, 9.17) is 9.84 Å². The molecule has 0 fully saturated rings. The van der Waals surface area contributed by atoms with Crippen LogP contribution in [0.3, 0.4) is 0 Å². The van der Waals surface area contributed by atoms with E-state index in [0.717, 1.165) is 6.42 Å². The van der Waals surface area contributed by atoms with Crippen molar-refractivity contribution in [1.29, 1.82) is 0 Å². The largest absolute Gasteiger partial charge is 0.490 e. The molecule has 1 aromatic carbocycles. The summed E-state index contributed by atoms with van der Waals surface area (Å²) in [5.41, 5.74) is 0.423. The summed E-state index contributed by atoms with van der Waals surface area (Å²) in [6.45, 7) is 5.81. The number of amides is 1. The molecular weight excluding hydrogens is 270 g/mol. The molecule has 1 aromatic rings. The van der Waals surface area contributed by atoms with Gasteiger partial charge in [0.25, 0.3) is 5.91 Å². The Bertz CT molecular complexity index is 485. The number of hydrogen-bond acceptors (Lipinski definition) is 3. The summed E-state index contributed by atoms with van der Waals surface area (Å²) in [5.74, 6) is -1.25. The lowest BCUT2D eigenvalue weighted by molar-refractivity contribution is -0.141. The number of ether oxygens (including phenoxy) is 1. The van der Waals surface area contributed by atoms with Gasteiger partial charge in [0.15, 0.2) is 0 Å². The van der Waals surface area contributed by atoms with Gasteiger partial charge in [-0.2, -0.15) is 0 Å². The molecule has 0 radical (unpaired) electrons. The fourth-order valence-electron chi connectivity index (χ4n) is 1.98. The van der Waals surface area contributed by atoms with Crippen LogP contribution in [0.4, 0.5) is 0 Å². The number of carboxylic acids is 1. The second-order valence-electron chi connectivity index (χ2n) is 5.20. The SMILES string of the molecule is CCCC(CNC(=O)c1ccccc1OC(C)C)C(=O)O. The fourth-order valence-corrected chi connectivity index (χ4v) is 1.98. The first-order valence-electron chi connectivity index (χ1n) is 7.22. The second kappa shape index (κ2) is 8.29. The summed E-state index contributed by atoms with van der Waals surface area (Å²) in [5, 5.41) is 11.8. The molecule has 0 aliphatic rings. The summed E-state index contributed by atoms with van der Waals surface area (Å²) in [7, 11) is 0. The molecule has 5 nitrogen and oxygen atoms in total. The number of carbonyl (C=O) groups is 2. The number of aliphatic carboxylic acids is 1. The van der Waals surface area contributed by atoms with Gasteiger partial charge >= 0.3 is 5.97 Å². The van der Waals surface area contributed by atoms with Crippen LogP contribution in [0.1, 0.15) is 44.0 Å². The molecule has 2 N–H and O–H groups in total. The molecule has 21 heavy (non-hydrogen) atoms. The third-order valence-corrected chi connectivity index (χ3v) is 2.99. The Morgan fingerprint density at radius 3 is 2.52 bits per heavy atom. The van der Waals surface area contributed by atoms with Crippen LogP contribution < -0.4 is 10.1 Å². The normalized spacial score (nSPS) is 12.0. The number of nitrogens with one attached hydrogen (secondary N) is 1. The predicted octanol–water partition coefficient (Wildman–Crippen LogP) is 2.70. The van der Waals surface area contributed by atoms with Crippen molar-refractivity contribution in [3.8, 4) is 5.75 Å². The van der Waals surface area contributed by atoms with E-state index in [-0.39, 0.29) is 18.6 Å². The van der Waals surface area contributed by atoms with Gasteiger partial charge in [0.05, 0.1) is 17.6 Å². The molecule has 0 spiro atoms. The van der Waals surface area contributed by atoms with E-state index >= 15 is 0 Å². The number of para-hydroxylation sites is 1. The molecule has 1 atom stereocenters. The van der Waals surface area contributed by atoms with E-state index in [0.29, 0.717) is 17.7 Å². The highest BCUT2D eigenvalue weighted by molar-refractivity contribution is 5.97. The van der Waals surface area contributed by atoms with Crippen molar-refractivity contribution in [1.82, 2.24) is 5.32 Å². The topological polar surface area (TPSA) is 75.6 Å². The van der Waals surface area contributed by atoms with Crippen molar-refractivity contribution in [3.63, 3.8) is 0 Å². The van der Waals surface area contributed by atoms with Crippen LogP contribution in [0.5, 0.6) is 5.75 Å². The van der Waals surface area contributed by atoms with E-state index in [2.05, 4.69) is 5.32 Å². The van der Waals surface area contributed by atoms with Gasteiger partial charge in [0.1, 0.15) is 5.75 Å². The van der Waals surface area contributed by atoms with E-state index in [9.17, 15) is 9.59 Å². The van der Waals surface area contributed by atoms with Crippen LogP contribution in [0.2, 0.25) is 0 Å². The van der Waals surface area contributed by atoms with Crippen molar-refractivity contribution in [2.75, 3.05) is 6.54 Å². The quantitative estimate of drug-likeness (QED) is 0.772. The molecule has 1 amide bonds. The number of carboxylic acid groups (broad SMARTS) is 1. The Hall–Kier alpha value is -2.04. The molecule has 116 valence electrons. The van der Waals surface area contributed by atoms with Gasteiger partial charge in [-0.05, 0) is 32.4 Å². The van der Waals surface area contributed by atoms with Crippen LogP contribution in [0.25, 0.3) is 0 Å². The molecule has 0 saturated heterocycles. The van der Waals surface area contributed by atoms with E-state index in [1.54, 1.807) is 24.3 Å². The molecule has 0 aliphatic heterocycles. The van der Waals surface area contributed by atoms with Crippen molar-refractivity contribution in [2.24, 2.45) is 5.92 Å². The molecule has 0 aromatic heterocycles. The molecule has 0 heterocycles. The fraction of sp³-hybridized carbons (Fsp3) is 0.500. The first-order chi connectivity index (χ1) is 9.95. The maximum absolute atomic E-state index is 12.2. The van der Waals surface area contributed by atoms with Gasteiger partial charge in [-0.15, -0.1) is 0 Å². The van der Waals surface area contributed by atoms with E-state index < -0.39 is 11.9 Å². The highest BCUT2D eigenvalue weighted by Crippen LogP contribution is 2.19. The highest BCUT2D eigenvalue weighted by atomic mass is 16.5. The molecule has 0 saturated carbocycles. The van der Waals surface area contributed by atoms with Crippen LogP contribution in [-0.4, -0.2) is 29.6 Å². The van der Waals surface area contributed by atoms with Crippen LogP contribution in [-0.2, 0) is 4.79 Å². The van der Waals surface area contributed by atoms with E-state index in [1.807, 2.05) is 20.8 Å². The molecule has 1 rings (SSSR count). The third kappa shape index (κ3) is 5.45. The standard InChI is InChI=1S/C16H23NO4/c1-4-7-12(16(19)20)10-17-15(18)13-8-5-6-9-14(13)21-11(2)3/h5-6,8-9,11-12H,4,7,10H2,1-3H3,(H,17,18)(H,19,20). The van der Waals surface area contributed by atoms with Crippen LogP contribution in [0.15, 0.2) is 24.3 Å². The smallest absolute Gasteiger partial charge is 0.308 e. The lowest BCUT2D eigenvalue weighted by atomic mass is 10.0. The minimum Gasteiger partial charge on any atom is -0.490 e. The molecular formula is C16H23NO4. The monoisotopic (exact) mass is 293 g/mol. The zero-order valence-electron chi connectivity index (χ0n) is 12.8. The van der Waals surface area contributed by atoms with Gasteiger partial charge in [-0.25, -0.2) is 0 Å². The average molecular weight is 293 g/mol. The number of hydrogen-bond donors (Lipinski definition) is 2. The Morgan fingerprint density at radius 1 is 1.29 bits per heavy atom. The summed E-state index contributed by atoms with van der Waals surface area (Å²) < 4.78 is 5.59. The van der Waals surface area contributed by atoms with Crippen molar-refractivity contribution < 1.29 is 19.4 Å². The molecule has 0 aliphatic carbocycles. The third-order valence-electron chi connectivity index (χ3n) is 2.99. The number of benzene rings is 1. The summed E-state index contributed by atoms with van der Waals surface area (Å²) >= 11 is 0. The molecule has 5 heteroatoms. The maximum Gasteiger partial charge on any atom is 0.308 e. The second-order valence-corrected chi connectivity index (χ2v) is 5.20. The summed E-state index contributed by atoms with van der Waals surface area (Å²) in [4.78, 5) is 23.3. The lowest BCUT2D eigenvalue weighted by Gasteiger charge is -2.15. The molecule has 0 bridgehead atoms. The predicted molar refractivity (Wildman–Crippen MR) is 80.6 cm³/mol. The number of rotatable bonds is 8. The van der Waals surface area contributed by atoms with Crippen molar-refractivity contribution in [3.05, 3.63) is 29.8 Å². The summed E-state index contributed by atoms with van der Waals surface area (Å²) in [6, 6.07) is 6.95. The lowest BCUT2D eigenvalue weighted by Crippen LogP contribution is -2.33. The molecule has 1 unspecified atom stereocenters. The minimum absolute atomic E-state index is 0.0363. The zero-order valence-corrected chi connectivity index (χ0v) is 12.8. The minimum atomic E-state index is -0.885. The van der Waals surface area contributed by atoms with Gasteiger partial charge in [0, 0.05) is 6.54 Å². The maximum atomic E-state index is 12.2. The first kappa shape index (κ1) is 17.0. The Balaban J connectivity index is 2.73. The van der Waals surface area contributed by atoms with Gasteiger partial charge in [0.2, 0.25) is 0 Å². The van der Waals surface area contributed by atoms with Gasteiger partial charge < -0.3 is 15.2 Å². The van der Waals surface area contributed by atoms with Gasteiger partial charge in [-0.1, -0.05) is 25.5 Å². The van der Waals surface area contributed by atoms with Crippen LogP contribution in [0, 0.1) is 5.92 Å². The number of carbonyl (C=O) groups excluding carboxylic acids is 1. The summed E-state index contributed by atoms with van der Waals surface area (Å²) in [6.07, 6.45) is 1.27. The zero-order chi connectivity index (χ0) is 15.8. The Kier molecular flexibility index (Phi) is 6.72. The Morgan fingerprint density at radius 2 is 1.95 bits per heavy atom. The highest BCUT2D eigenvalue weighted by Gasteiger charge is 2.19. The van der Waals surface area contributed by atoms with Gasteiger partial charge in [-0.3, -0.25) is 9.59 Å². The average Bonchev–Trinajstić information content (AvgIpc) is 2.42. The van der Waals surface area contributed by atoms with E-state index in [1.165, 1.54) is 0 Å². The Labute approximate surface area is 125 Å². The van der Waals surface area contributed by atoms with Crippen LogP contribution >= 0.6 is 0 Å².